The van der Waals surface area contributed by atoms with Crippen molar-refractivity contribution < 1.29 is 4.74 Å². The van der Waals surface area contributed by atoms with Crippen molar-refractivity contribution in [2.24, 2.45) is 0 Å². The first-order valence-corrected chi connectivity index (χ1v) is 6.76. The summed E-state index contributed by atoms with van der Waals surface area (Å²) < 4.78 is 5.47. The van der Waals surface area contributed by atoms with E-state index >= 15 is 0 Å². The van der Waals surface area contributed by atoms with Gasteiger partial charge >= 0.3 is 0 Å². The average molecular weight is 259 g/mol. The highest BCUT2D eigenvalue weighted by molar-refractivity contribution is 5.86. The third kappa shape index (κ3) is 2.33. The molecule has 0 bridgehead atoms. The van der Waals surface area contributed by atoms with E-state index in [0.717, 1.165) is 30.6 Å². The maximum atomic E-state index is 5.89. The van der Waals surface area contributed by atoms with E-state index in [4.69, 9.17) is 10.5 Å². The van der Waals surface area contributed by atoms with E-state index in [-0.39, 0.29) is 0 Å². The van der Waals surface area contributed by atoms with Gasteiger partial charge in [-0.3, -0.25) is 0 Å². The Morgan fingerprint density at radius 1 is 1.47 bits per heavy atom. The van der Waals surface area contributed by atoms with Gasteiger partial charge in [0.05, 0.1) is 6.10 Å². The van der Waals surface area contributed by atoms with Gasteiger partial charge in [0.15, 0.2) is 0 Å². The number of ether oxygens (including phenoxy) is 1. The fourth-order valence-electron chi connectivity index (χ4n) is 3.06. The van der Waals surface area contributed by atoms with Gasteiger partial charge in [-0.15, -0.1) is 0 Å². The van der Waals surface area contributed by atoms with E-state index in [1.807, 2.05) is 12.1 Å². The molecule has 0 aliphatic carbocycles. The molecule has 19 heavy (non-hydrogen) atoms. The Bertz CT molecular complexity index is 578. The molecule has 1 aromatic carbocycles. The number of H-pyrrole nitrogens is 1. The SMILES string of the molecule is CO[C@@H]1C[C@@H](Cc2c[nH]c3ccc(N)cc23)N(C)C1. The van der Waals surface area contributed by atoms with Crippen LogP contribution in [0.2, 0.25) is 0 Å². The number of benzene rings is 1. The van der Waals surface area contributed by atoms with E-state index in [2.05, 4.69) is 29.2 Å². The van der Waals surface area contributed by atoms with Crippen molar-refractivity contribution in [1.82, 2.24) is 9.88 Å². The van der Waals surface area contributed by atoms with Crippen LogP contribution in [0.15, 0.2) is 24.4 Å². The highest BCUT2D eigenvalue weighted by Crippen LogP contribution is 2.26. The molecule has 3 N–H and O–H groups in total. The number of nitrogens with two attached hydrogens (primary N) is 1. The minimum Gasteiger partial charge on any atom is -0.399 e. The summed E-state index contributed by atoms with van der Waals surface area (Å²) in [5.74, 6) is 0. The van der Waals surface area contributed by atoms with Crippen LogP contribution in [0.25, 0.3) is 10.9 Å². The molecular formula is C15H21N3O. The zero-order valence-electron chi connectivity index (χ0n) is 11.5. The van der Waals surface area contributed by atoms with E-state index in [1.54, 1.807) is 7.11 Å². The molecule has 1 fully saturated rings. The largest absolute Gasteiger partial charge is 0.399 e. The zero-order chi connectivity index (χ0) is 13.4. The monoisotopic (exact) mass is 259 g/mol. The second-order valence-corrected chi connectivity index (χ2v) is 5.51. The van der Waals surface area contributed by atoms with Gasteiger partial charge in [0.25, 0.3) is 0 Å². The third-order valence-electron chi connectivity index (χ3n) is 4.23. The number of nitrogens with zero attached hydrogens (tertiary/aromatic N) is 1. The Balaban J connectivity index is 1.83. The molecule has 2 heterocycles. The summed E-state index contributed by atoms with van der Waals surface area (Å²) in [5, 5.41) is 1.24. The van der Waals surface area contributed by atoms with Crippen molar-refractivity contribution in [3.8, 4) is 0 Å². The second-order valence-electron chi connectivity index (χ2n) is 5.51. The Hall–Kier alpha value is -1.52. The van der Waals surface area contributed by atoms with E-state index in [9.17, 15) is 0 Å². The molecule has 4 heteroatoms. The quantitative estimate of drug-likeness (QED) is 0.829. The lowest BCUT2D eigenvalue weighted by Gasteiger charge is -2.18. The molecule has 1 aliphatic heterocycles. The second kappa shape index (κ2) is 4.87. The number of fused-ring (bicyclic) bond motifs is 1. The normalized spacial score (nSPS) is 24.3. The van der Waals surface area contributed by atoms with Crippen LogP contribution in [-0.4, -0.2) is 42.7 Å². The number of nitrogens with one attached hydrogen (secondary N) is 1. The summed E-state index contributed by atoms with van der Waals surface area (Å²) in [6, 6.07) is 6.59. The Kier molecular flexibility index (Phi) is 3.21. The first kappa shape index (κ1) is 12.5. The van der Waals surface area contributed by atoms with Crippen LogP contribution in [-0.2, 0) is 11.2 Å². The summed E-state index contributed by atoms with van der Waals surface area (Å²) in [7, 11) is 3.97. The smallest absolute Gasteiger partial charge is 0.0713 e. The number of likely N-dealkylation sites (tertiary alicyclic amines) is 1. The Morgan fingerprint density at radius 2 is 2.32 bits per heavy atom. The molecule has 4 nitrogen and oxygen atoms in total. The minimum absolute atomic E-state index is 0.366. The minimum atomic E-state index is 0.366. The van der Waals surface area contributed by atoms with E-state index in [1.165, 1.54) is 10.9 Å². The number of aromatic nitrogens is 1. The summed E-state index contributed by atoms with van der Waals surface area (Å²) >= 11 is 0. The number of likely N-dealkylation sites (N-methyl/N-ethyl adjacent to an activating group) is 1. The van der Waals surface area contributed by atoms with Gasteiger partial charge in [-0.1, -0.05) is 0 Å². The number of hydrogen-bond acceptors (Lipinski definition) is 3. The molecule has 1 saturated heterocycles. The van der Waals surface area contributed by atoms with Gasteiger partial charge in [0.2, 0.25) is 0 Å². The number of aromatic amines is 1. The molecule has 0 unspecified atom stereocenters. The fraction of sp³-hybridized carbons (Fsp3) is 0.467. The van der Waals surface area contributed by atoms with Crippen molar-refractivity contribution in [2.75, 3.05) is 26.4 Å². The zero-order valence-corrected chi connectivity index (χ0v) is 11.5. The lowest BCUT2D eigenvalue weighted by atomic mass is 10.0. The first-order chi connectivity index (χ1) is 9.17. The van der Waals surface area contributed by atoms with Crippen LogP contribution in [0, 0.1) is 0 Å². The predicted octanol–water partition coefficient (Wildman–Crippen LogP) is 2.01. The lowest BCUT2D eigenvalue weighted by Crippen LogP contribution is -2.27. The molecule has 0 amide bonds. The van der Waals surface area contributed by atoms with E-state index < -0.39 is 0 Å². The van der Waals surface area contributed by atoms with Crippen LogP contribution < -0.4 is 5.73 Å². The van der Waals surface area contributed by atoms with Crippen LogP contribution in [0.5, 0.6) is 0 Å². The van der Waals surface area contributed by atoms with Gasteiger partial charge in [0.1, 0.15) is 0 Å². The molecule has 102 valence electrons. The molecule has 0 saturated carbocycles. The van der Waals surface area contributed by atoms with Crippen molar-refractivity contribution in [3.05, 3.63) is 30.0 Å². The summed E-state index contributed by atoms with van der Waals surface area (Å²) in [5.41, 5.74) is 9.21. The van der Waals surface area contributed by atoms with Gasteiger partial charge in [-0.25, -0.2) is 0 Å². The number of methoxy groups -OCH3 is 1. The van der Waals surface area contributed by atoms with Crippen LogP contribution in [0.1, 0.15) is 12.0 Å². The fourth-order valence-corrected chi connectivity index (χ4v) is 3.06. The number of hydrogen-bond donors (Lipinski definition) is 2. The van der Waals surface area contributed by atoms with Crippen LogP contribution in [0.4, 0.5) is 5.69 Å². The molecule has 2 aromatic rings. The summed E-state index contributed by atoms with van der Waals surface area (Å²) in [6.07, 6.45) is 4.62. The molecule has 3 rings (SSSR count). The Labute approximate surface area is 113 Å². The van der Waals surface area contributed by atoms with Crippen LogP contribution >= 0.6 is 0 Å². The molecule has 0 spiro atoms. The van der Waals surface area contributed by atoms with E-state index in [0.29, 0.717) is 12.1 Å². The van der Waals surface area contributed by atoms with Crippen molar-refractivity contribution in [2.45, 2.75) is 25.0 Å². The topological polar surface area (TPSA) is 54.3 Å². The lowest BCUT2D eigenvalue weighted by molar-refractivity contribution is 0.111. The van der Waals surface area contributed by atoms with Crippen molar-refractivity contribution in [3.63, 3.8) is 0 Å². The molecule has 2 atom stereocenters. The Morgan fingerprint density at radius 3 is 3.05 bits per heavy atom. The van der Waals surface area contributed by atoms with Crippen molar-refractivity contribution >= 4 is 16.6 Å². The predicted molar refractivity (Wildman–Crippen MR) is 78.2 cm³/mol. The molecule has 0 radical (unpaired) electrons. The van der Waals surface area contributed by atoms with Crippen molar-refractivity contribution in [1.29, 1.82) is 0 Å². The number of nitrogen functional groups attached to an aromatic ring is 1. The molecule has 1 aliphatic rings. The van der Waals surface area contributed by atoms with Gasteiger partial charge in [-0.05, 0) is 43.7 Å². The van der Waals surface area contributed by atoms with Gasteiger partial charge in [0, 0.05) is 42.5 Å². The highest BCUT2D eigenvalue weighted by Gasteiger charge is 2.29. The maximum absolute atomic E-state index is 5.89. The molecular weight excluding hydrogens is 238 g/mol. The number of rotatable bonds is 3. The maximum Gasteiger partial charge on any atom is 0.0713 e. The third-order valence-corrected chi connectivity index (χ3v) is 4.23. The standard InChI is InChI=1S/C15H21N3O/c1-18-9-13(19-2)7-12(18)5-10-8-17-15-4-3-11(16)6-14(10)15/h3-4,6,8,12-13,17H,5,7,9,16H2,1-2H3/t12-,13-/m1/s1. The first-order valence-electron chi connectivity index (χ1n) is 6.76. The summed E-state index contributed by atoms with van der Waals surface area (Å²) in [6.45, 7) is 1.02. The van der Waals surface area contributed by atoms with Gasteiger partial charge in [-0.2, -0.15) is 0 Å². The average Bonchev–Trinajstić information content (AvgIpc) is 2.95. The molecule has 1 aromatic heterocycles. The van der Waals surface area contributed by atoms with Gasteiger partial charge < -0.3 is 20.4 Å². The van der Waals surface area contributed by atoms with Crippen LogP contribution in [0.3, 0.4) is 0 Å². The highest BCUT2D eigenvalue weighted by atomic mass is 16.5. The number of anilines is 1. The summed E-state index contributed by atoms with van der Waals surface area (Å²) in [4.78, 5) is 5.71.